The molecular formula is C3H5BrNaO2. The monoisotopic (exact) mass is 175 g/mol. The van der Waals surface area contributed by atoms with E-state index in [1.165, 1.54) is 0 Å². The molecule has 0 aliphatic heterocycles. The van der Waals surface area contributed by atoms with Gasteiger partial charge in [0.25, 0.3) is 0 Å². The van der Waals surface area contributed by atoms with Gasteiger partial charge in [-0.3, -0.25) is 4.79 Å². The van der Waals surface area contributed by atoms with Gasteiger partial charge in [0, 0.05) is 34.9 Å². The van der Waals surface area contributed by atoms with Gasteiger partial charge in [0.2, 0.25) is 0 Å². The number of carboxylic acids is 1. The summed E-state index contributed by atoms with van der Waals surface area (Å²) in [7, 11) is 0. The number of rotatable bonds is 2. The van der Waals surface area contributed by atoms with Crippen LogP contribution in [0.5, 0.6) is 0 Å². The second kappa shape index (κ2) is 6.95. The summed E-state index contributed by atoms with van der Waals surface area (Å²) in [6.45, 7) is 0. The molecule has 2 nitrogen and oxygen atoms in total. The zero-order chi connectivity index (χ0) is 4.99. The van der Waals surface area contributed by atoms with Crippen molar-refractivity contribution in [3.8, 4) is 0 Å². The number of hydrogen-bond donors (Lipinski definition) is 1. The molecule has 0 aromatic carbocycles. The van der Waals surface area contributed by atoms with Crippen LogP contribution in [0.15, 0.2) is 0 Å². The smallest absolute Gasteiger partial charge is 0.304 e. The number of carboxylic acid groups (broad SMARTS) is 1. The number of hydrogen-bond acceptors (Lipinski definition) is 1. The van der Waals surface area contributed by atoms with Gasteiger partial charge in [0.05, 0.1) is 6.42 Å². The van der Waals surface area contributed by atoms with Gasteiger partial charge in [-0.05, 0) is 0 Å². The molecule has 0 fully saturated rings. The Morgan fingerprint density at radius 2 is 2.14 bits per heavy atom. The number of carbonyl (C=O) groups is 1. The first-order chi connectivity index (χ1) is 2.77. The van der Waals surface area contributed by atoms with E-state index in [-0.39, 0.29) is 36.0 Å². The maximum Gasteiger partial charge on any atom is 0.304 e. The SMILES string of the molecule is O=C(O)CCBr.[Na]. The quantitative estimate of drug-likeness (QED) is 0.490. The van der Waals surface area contributed by atoms with Gasteiger partial charge in [0.15, 0.2) is 0 Å². The molecule has 7 heavy (non-hydrogen) atoms. The Balaban J connectivity index is 0. The van der Waals surface area contributed by atoms with E-state index >= 15 is 0 Å². The third-order valence-corrected chi connectivity index (χ3v) is 0.705. The summed E-state index contributed by atoms with van der Waals surface area (Å²) in [6.07, 6.45) is 0.208. The van der Waals surface area contributed by atoms with E-state index in [2.05, 4.69) is 15.9 Å². The third kappa shape index (κ3) is 10.9. The predicted molar refractivity (Wildman–Crippen MR) is 31.8 cm³/mol. The first-order valence-corrected chi connectivity index (χ1v) is 2.67. The van der Waals surface area contributed by atoms with Gasteiger partial charge in [-0.25, -0.2) is 0 Å². The van der Waals surface area contributed by atoms with Crippen molar-refractivity contribution in [2.75, 3.05) is 5.33 Å². The summed E-state index contributed by atoms with van der Waals surface area (Å²) in [5, 5.41) is 8.43. The van der Waals surface area contributed by atoms with Crippen molar-refractivity contribution in [2.24, 2.45) is 0 Å². The summed E-state index contributed by atoms with van der Waals surface area (Å²) in [5.41, 5.74) is 0. The maximum absolute atomic E-state index is 9.57. The van der Waals surface area contributed by atoms with Crippen LogP contribution in [0.4, 0.5) is 0 Å². The minimum atomic E-state index is -0.758. The first kappa shape index (κ1) is 10.8. The van der Waals surface area contributed by atoms with Crippen LogP contribution in [0.1, 0.15) is 6.42 Å². The van der Waals surface area contributed by atoms with Crippen LogP contribution >= 0.6 is 15.9 Å². The molecule has 4 heteroatoms. The van der Waals surface area contributed by atoms with Gasteiger partial charge in [-0.2, -0.15) is 0 Å². The molecule has 1 N–H and O–H groups in total. The van der Waals surface area contributed by atoms with Crippen molar-refractivity contribution in [2.45, 2.75) is 6.42 Å². The second-order valence-electron chi connectivity index (χ2n) is 0.833. The third-order valence-electron chi connectivity index (χ3n) is 0.308. The van der Waals surface area contributed by atoms with E-state index in [9.17, 15) is 4.79 Å². The normalized spacial score (nSPS) is 7.00. The molecule has 0 saturated carbocycles. The fraction of sp³-hybridized carbons (Fsp3) is 0.667. The van der Waals surface area contributed by atoms with Gasteiger partial charge in [-0.1, -0.05) is 15.9 Å². The Morgan fingerprint density at radius 1 is 1.71 bits per heavy atom. The van der Waals surface area contributed by atoms with E-state index < -0.39 is 5.97 Å². The van der Waals surface area contributed by atoms with E-state index in [1.54, 1.807) is 0 Å². The van der Waals surface area contributed by atoms with E-state index in [4.69, 9.17) is 5.11 Å². The molecule has 0 aromatic rings. The molecule has 0 rings (SSSR count). The number of aliphatic carboxylic acids is 1. The van der Waals surface area contributed by atoms with Gasteiger partial charge < -0.3 is 5.11 Å². The summed E-state index contributed by atoms with van der Waals surface area (Å²) >= 11 is 2.97. The fourth-order valence-electron chi connectivity index (χ4n) is 0.0808. The standard InChI is InChI=1S/C3H5BrO2.Na/c4-2-1-3(5)6;/h1-2H2,(H,5,6);. The summed E-state index contributed by atoms with van der Waals surface area (Å²) < 4.78 is 0. The fourth-order valence-corrected chi connectivity index (χ4v) is 0.420. The van der Waals surface area contributed by atoms with E-state index in [0.29, 0.717) is 5.33 Å². The van der Waals surface area contributed by atoms with Crippen LogP contribution in [-0.2, 0) is 4.79 Å². The molecule has 0 saturated heterocycles. The summed E-state index contributed by atoms with van der Waals surface area (Å²) in [4.78, 5) is 9.57. The molecule has 1 radical (unpaired) electrons. The van der Waals surface area contributed by atoms with Crippen molar-refractivity contribution in [1.82, 2.24) is 0 Å². The van der Waals surface area contributed by atoms with Crippen LogP contribution < -0.4 is 0 Å². The molecule has 0 aromatic heterocycles. The Hall–Kier alpha value is 0.950. The van der Waals surface area contributed by atoms with Crippen molar-refractivity contribution >= 4 is 51.5 Å². The summed E-state index contributed by atoms with van der Waals surface area (Å²) in [5.74, 6) is -0.758. The Labute approximate surface area is 72.7 Å². The molecule has 37 valence electrons. The van der Waals surface area contributed by atoms with Gasteiger partial charge >= 0.3 is 5.97 Å². The molecule has 0 heterocycles. The van der Waals surface area contributed by atoms with Crippen molar-refractivity contribution in [3.63, 3.8) is 0 Å². The van der Waals surface area contributed by atoms with Crippen LogP contribution in [0.25, 0.3) is 0 Å². The first-order valence-electron chi connectivity index (χ1n) is 1.55. The molecule has 0 aliphatic rings. The minimum Gasteiger partial charge on any atom is -0.481 e. The van der Waals surface area contributed by atoms with Gasteiger partial charge in [0.1, 0.15) is 0 Å². The number of alkyl halides is 1. The molecule has 0 unspecified atom stereocenters. The Kier molecular flexibility index (Phi) is 10.8. The van der Waals surface area contributed by atoms with E-state index in [1.807, 2.05) is 0 Å². The second-order valence-corrected chi connectivity index (χ2v) is 1.63. The average Bonchev–Trinajstić information content (AvgIpc) is 1.35. The molecular weight excluding hydrogens is 171 g/mol. The van der Waals surface area contributed by atoms with Crippen molar-refractivity contribution < 1.29 is 9.90 Å². The average molecular weight is 176 g/mol. The van der Waals surface area contributed by atoms with Gasteiger partial charge in [-0.15, -0.1) is 0 Å². The summed E-state index contributed by atoms with van der Waals surface area (Å²) in [6, 6.07) is 0. The van der Waals surface area contributed by atoms with Crippen LogP contribution in [0.2, 0.25) is 0 Å². The molecule has 0 amide bonds. The minimum absolute atomic E-state index is 0. The zero-order valence-corrected chi connectivity index (χ0v) is 7.73. The predicted octanol–water partition coefficient (Wildman–Crippen LogP) is 0.475. The van der Waals surface area contributed by atoms with Crippen LogP contribution in [-0.4, -0.2) is 46.0 Å². The van der Waals surface area contributed by atoms with Crippen molar-refractivity contribution in [3.05, 3.63) is 0 Å². The topological polar surface area (TPSA) is 37.3 Å². The number of halogens is 1. The molecule has 0 aliphatic carbocycles. The largest absolute Gasteiger partial charge is 0.481 e. The Morgan fingerprint density at radius 3 is 2.14 bits per heavy atom. The maximum atomic E-state index is 9.57. The van der Waals surface area contributed by atoms with Crippen molar-refractivity contribution in [1.29, 1.82) is 0 Å². The molecule has 0 spiro atoms. The Bertz CT molecular complexity index is 56.9. The van der Waals surface area contributed by atoms with E-state index in [0.717, 1.165) is 0 Å². The van der Waals surface area contributed by atoms with Crippen LogP contribution in [0, 0.1) is 0 Å². The zero-order valence-electron chi connectivity index (χ0n) is 4.15. The van der Waals surface area contributed by atoms with Crippen LogP contribution in [0.3, 0.4) is 0 Å². The molecule has 0 bridgehead atoms. The molecule has 0 atom stereocenters.